The number of aromatic nitrogens is 4. The van der Waals surface area contributed by atoms with Gasteiger partial charge in [0.1, 0.15) is 5.69 Å². The lowest BCUT2D eigenvalue weighted by Crippen LogP contribution is -2.50. The van der Waals surface area contributed by atoms with Crippen LogP contribution in [0.1, 0.15) is 24.7 Å². The van der Waals surface area contributed by atoms with Crippen LogP contribution in [0.3, 0.4) is 0 Å². The molecule has 4 rings (SSSR count). The molecule has 9 nitrogen and oxygen atoms in total. The van der Waals surface area contributed by atoms with Crippen LogP contribution in [0.2, 0.25) is 0 Å². The fraction of sp³-hybridized carbons (Fsp3) is 0.562. The van der Waals surface area contributed by atoms with E-state index >= 15 is 0 Å². The van der Waals surface area contributed by atoms with E-state index < -0.39 is 0 Å². The molecule has 9 heteroatoms. The molecule has 0 bridgehead atoms. The minimum Gasteiger partial charge on any atom is -0.376 e. The Bertz CT molecular complexity index is 710. The highest BCUT2D eigenvalue weighted by atomic mass is 16.5. The molecule has 1 N–H and O–H groups in total. The van der Waals surface area contributed by atoms with Crippen LogP contribution in [-0.4, -0.2) is 69.8 Å². The van der Waals surface area contributed by atoms with Crippen molar-refractivity contribution in [2.24, 2.45) is 0 Å². The lowest BCUT2D eigenvalue weighted by Gasteiger charge is -2.36. The number of nitrogens with one attached hydrogen (secondary N) is 1. The third-order valence-electron chi connectivity index (χ3n) is 4.46. The Labute approximate surface area is 144 Å². The maximum Gasteiger partial charge on any atom is 0.234 e. The molecule has 4 heterocycles. The second-order valence-corrected chi connectivity index (χ2v) is 6.38. The molecule has 2 aliphatic rings. The number of nitrogens with zero attached hydrogens (tertiary/aromatic N) is 5. The van der Waals surface area contributed by atoms with Crippen molar-refractivity contribution in [1.82, 2.24) is 30.3 Å². The smallest absolute Gasteiger partial charge is 0.234 e. The maximum atomic E-state index is 12.0. The summed E-state index contributed by atoms with van der Waals surface area (Å²) in [6, 6.07) is 0. The first-order chi connectivity index (χ1) is 12.3. The molecule has 0 aliphatic carbocycles. The molecule has 2 fully saturated rings. The van der Waals surface area contributed by atoms with Crippen molar-refractivity contribution < 1.29 is 14.1 Å². The topological polar surface area (TPSA) is 106 Å². The third kappa shape index (κ3) is 3.83. The van der Waals surface area contributed by atoms with Gasteiger partial charge in [-0.05, 0) is 12.8 Å². The van der Waals surface area contributed by atoms with E-state index in [0.717, 1.165) is 32.5 Å². The van der Waals surface area contributed by atoms with E-state index in [4.69, 9.17) is 9.26 Å². The maximum absolute atomic E-state index is 12.0. The Hall–Kier alpha value is -2.39. The molecular weight excluding hydrogens is 324 g/mol. The van der Waals surface area contributed by atoms with E-state index in [2.05, 4.69) is 30.3 Å². The molecule has 0 radical (unpaired) electrons. The third-order valence-corrected chi connectivity index (χ3v) is 4.46. The Morgan fingerprint density at radius 3 is 3.04 bits per heavy atom. The van der Waals surface area contributed by atoms with Crippen molar-refractivity contribution in [2.45, 2.75) is 24.9 Å². The molecule has 0 saturated carbocycles. The monoisotopic (exact) mass is 344 g/mol. The van der Waals surface area contributed by atoms with Gasteiger partial charge in [-0.2, -0.15) is 4.98 Å². The second kappa shape index (κ2) is 7.24. The molecule has 25 heavy (non-hydrogen) atoms. The molecule has 2 aliphatic heterocycles. The second-order valence-electron chi connectivity index (χ2n) is 6.38. The minimum absolute atomic E-state index is 0.0275. The quantitative estimate of drug-likeness (QED) is 0.793. The molecule has 132 valence electrons. The minimum atomic E-state index is 0.0275. The first kappa shape index (κ1) is 16.1. The van der Waals surface area contributed by atoms with Crippen molar-refractivity contribution in [3.05, 3.63) is 24.5 Å². The Balaban J connectivity index is 1.22. The summed E-state index contributed by atoms with van der Waals surface area (Å²) in [4.78, 5) is 26.5. The lowest BCUT2D eigenvalue weighted by atomic mass is 10.0. The van der Waals surface area contributed by atoms with Gasteiger partial charge in [0.15, 0.2) is 0 Å². The standard InChI is InChI=1S/C16H20N6O3/c23-14(19-6-12-2-1-5-24-12)10-22-8-11(9-22)16-20-15(21-25-16)13-7-17-3-4-18-13/h3-4,7,11-12H,1-2,5-6,8-10H2,(H,19,23). The number of carbonyl (C=O) groups is 1. The summed E-state index contributed by atoms with van der Waals surface area (Å²) in [6.45, 7) is 3.25. The number of hydrogen-bond donors (Lipinski definition) is 1. The van der Waals surface area contributed by atoms with Gasteiger partial charge >= 0.3 is 0 Å². The summed E-state index contributed by atoms with van der Waals surface area (Å²) < 4.78 is 10.8. The van der Waals surface area contributed by atoms with Crippen molar-refractivity contribution in [3.8, 4) is 11.5 Å². The van der Waals surface area contributed by atoms with Gasteiger partial charge in [0.25, 0.3) is 0 Å². The normalized spacial score (nSPS) is 21.2. The van der Waals surface area contributed by atoms with Gasteiger partial charge in [-0.15, -0.1) is 0 Å². The Kier molecular flexibility index (Phi) is 4.66. The summed E-state index contributed by atoms with van der Waals surface area (Å²) in [7, 11) is 0. The van der Waals surface area contributed by atoms with Crippen LogP contribution in [-0.2, 0) is 9.53 Å². The highest BCUT2D eigenvalue weighted by Crippen LogP contribution is 2.26. The zero-order valence-corrected chi connectivity index (χ0v) is 13.8. The van der Waals surface area contributed by atoms with Crippen molar-refractivity contribution >= 4 is 5.91 Å². The molecule has 1 unspecified atom stereocenters. The van der Waals surface area contributed by atoms with Crippen LogP contribution >= 0.6 is 0 Å². The lowest BCUT2D eigenvalue weighted by molar-refractivity contribution is -0.123. The highest BCUT2D eigenvalue weighted by Gasteiger charge is 2.33. The summed E-state index contributed by atoms with van der Waals surface area (Å²) in [5, 5.41) is 6.88. The van der Waals surface area contributed by atoms with Gasteiger partial charge in [0, 0.05) is 38.6 Å². The molecule has 2 aromatic rings. The van der Waals surface area contributed by atoms with Crippen LogP contribution in [0.15, 0.2) is 23.1 Å². The van der Waals surface area contributed by atoms with Crippen LogP contribution in [0.5, 0.6) is 0 Å². The number of likely N-dealkylation sites (tertiary alicyclic amines) is 1. The molecule has 0 aromatic carbocycles. The fourth-order valence-electron chi connectivity index (χ4n) is 3.07. The van der Waals surface area contributed by atoms with Gasteiger partial charge in [-0.1, -0.05) is 5.16 Å². The fourth-order valence-corrected chi connectivity index (χ4v) is 3.07. The van der Waals surface area contributed by atoms with Gasteiger partial charge in [0.05, 0.1) is 24.8 Å². The summed E-state index contributed by atoms with van der Waals surface area (Å²) in [5.74, 6) is 1.20. The molecule has 0 spiro atoms. The van der Waals surface area contributed by atoms with Gasteiger partial charge < -0.3 is 14.6 Å². The van der Waals surface area contributed by atoms with Crippen LogP contribution in [0.25, 0.3) is 11.5 Å². The predicted molar refractivity (Wildman–Crippen MR) is 86.5 cm³/mol. The van der Waals surface area contributed by atoms with E-state index in [9.17, 15) is 4.79 Å². The Morgan fingerprint density at radius 2 is 2.28 bits per heavy atom. The van der Waals surface area contributed by atoms with Crippen molar-refractivity contribution in [2.75, 3.05) is 32.8 Å². The van der Waals surface area contributed by atoms with Gasteiger partial charge in [-0.25, -0.2) is 4.98 Å². The molecule has 2 saturated heterocycles. The van der Waals surface area contributed by atoms with Crippen LogP contribution in [0.4, 0.5) is 0 Å². The molecule has 1 atom stereocenters. The van der Waals surface area contributed by atoms with Crippen molar-refractivity contribution in [1.29, 1.82) is 0 Å². The van der Waals surface area contributed by atoms with Crippen molar-refractivity contribution in [3.63, 3.8) is 0 Å². The Morgan fingerprint density at radius 1 is 1.36 bits per heavy atom. The first-order valence-electron chi connectivity index (χ1n) is 8.48. The van der Waals surface area contributed by atoms with E-state index in [1.54, 1.807) is 18.6 Å². The first-order valence-corrected chi connectivity index (χ1v) is 8.48. The van der Waals surface area contributed by atoms with Gasteiger partial charge in [0.2, 0.25) is 17.6 Å². The highest BCUT2D eigenvalue weighted by molar-refractivity contribution is 5.78. The summed E-state index contributed by atoms with van der Waals surface area (Å²) >= 11 is 0. The largest absolute Gasteiger partial charge is 0.376 e. The predicted octanol–water partition coefficient (Wildman–Crippen LogP) is 0.221. The van der Waals surface area contributed by atoms with E-state index in [0.29, 0.717) is 30.5 Å². The SMILES string of the molecule is O=C(CN1CC(c2nc(-c3cnccn3)no2)C1)NCC1CCCO1. The van der Waals surface area contributed by atoms with Crippen LogP contribution < -0.4 is 5.32 Å². The van der Waals surface area contributed by atoms with E-state index in [1.165, 1.54) is 0 Å². The zero-order chi connectivity index (χ0) is 17.1. The van der Waals surface area contributed by atoms with Crippen LogP contribution in [0, 0.1) is 0 Å². The number of carbonyl (C=O) groups excluding carboxylic acids is 1. The number of ether oxygens (including phenoxy) is 1. The molecular formula is C16H20N6O3. The zero-order valence-electron chi connectivity index (χ0n) is 13.8. The number of amides is 1. The average molecular weight is 344 g/mol. The van der Waals surface area contributed by atoms with E-state index in [-0.39, 0.29) is 17.9 Å². The summed E-state index contributed by atoms with van der Waals surface area (Å²) in [5.41, 5.74) is 0.585. The van der Waals surface area contributed by atoms with E-state index in [1.807, 2.05) is 0 Å². The summed E-state index contributed by atoms with van der Waals surface area (Å²) in [6.07, 6.45) is 7.06. The number of hydrogen-bond acceptors (Lipinski definition) is 8. The molecule has 1 amide bonds. The number of rotatable bonds is 6. The average Bonchev–Trinajstić information content (AvgIpc) is 3.28. The van der Waals surface area contributed by atoms with Gasteiger partial charge in [-0.3, -0.25) is 14.7 Å². The molecule has 2 aromatic heterocycles.